The van der Waals surface area contributed by atoms with Crippen molar-refractivity contribution in [1.82, 2.24) is 13.9 Å². The number of rotatable bonds is 4. The third-order valence-corrected chi connectivity index (χ3v) is 7.25. The fraction of sp³-hybridized carbons (Fsp3) is 0.294. The quantitative estimate of drug-likeness (QED) is 0.742. The number of thiazole rings is 1. The van der Waals surface area contributed by atoms with E-state index in [2.05, 4.69) is 10.3 Å². The summed E-state index contributed by atoms with van der Waals surface area (Å²) in [5, 5.41) is 3.25. The first kappa shape index (κ1) is 17.2. The summed E-state index contributed by atoms with van der Waals surface area (Å²) in [5.74, 6) is -0.380. The van der Waals surface area contributed by atoms with Crippen LogP contribution in [0.4, 0.5) is 5.13 Å². The third-order valence-electron chi connectivity index (χ3n) is 4.43. The summed E-state index contributed by atoms with van der Waals surface area (Å²) in [6, 6.07) is 9.05. The average Bonchev–Trinajstić information content (AvgIpc) is 3.33. The van der Waals surface area contributed by atoms with E-state index in [9.17, 15) is 13.2 Å². The number of carbonyl (C=O) groups excluding carboxylic acids is 1. The van der Waals surface area contributed by atoms with Gasteiger partial charge in [-0.25, -0.2) is 13.4 Å². The Morgan fingerprint density at radius 1 is 1.23 bits per heavy atom. The summed E-state index contributed by atoms with van der Waals surface area (Å²) in [6.07, 6.45) is 3.23. The zero-order valence-corrected chi connectivity index (χ0v) is 15.8. The molecule has 3 heterocycles. The number of amides is 1. The van der Waals surface area contributed by atoms with Gasteiger partial charge in [0.1, 0.15) is 10.6 Å². The molecule has 2 aromatic heterocycles. The Kier molecular flexibility index (Phi) is 4.29. The van der Waals surface area contributed by atoms with Crippen LogP contribution in [0, 0.1) is 0 Å². The van der Waals surface area contributed by atoms with Gasteiger partial charge < -0.3 is 4.57 Å². The number of hydrogen-bond donors (Lipinski definition) is 1. The van der Waals surface area contributed by atoms with Gasteiger partial charge in [0, 0.05) is 26.3 Å². The lowest BCUT2D eigenvalue weighted by molar-refractivity contribution is 0.101. The van der Waals surface area contributed by atoms with Crippen molar-refractivity contribution in [3.05, 3.63) is 42.2 Å². The second kappa shape index (κ2) is 6.49. The van der Waals surface area contributed by atoms with E-state index in [1.165, 1.54) is 32.5 Å². The van der Waals surface area contributed by atoms with Crippen molar-refractivity contribution in [2.75, 3.05) is 18.4 Å². The summed E-state index contributed by atoms with van der Waals surface area (Å²) < 4.78 is 29.3. The van der Waals surface area contributed by atoms with E-state index in [0.717, 1.165) is 23.1 Å². The number of anilines is 1. The molecule has 1 N–H and O–H groups in total. The first-order chi connectivity index (χ1) is 12.4. The number of sulfonamides is 1. The van der Waals surface area contributed by atoms with Crippen molar-refractivity contribution >= 4 is 42.6 Å². The van der Waals surface area contributed by atoms with Crippen LogP contribution in [0.3, 0.4) is 0 Å². The van der Waals surface area contributed by atoms with Gasteiger partial charge in [-0.2, -0.15) is 4.31 Å². The van der Waals surface area contributed by atoms with E-state index in [-0.39, 0.29) is 16.5 Å². The molecule has 0 aliphatic carbocycles. The second-order valence-electron chi connectivity index (χ2n) is 6.22. The maximum atomic E-state index is 12.7. The van der Waals surface area contributed by atoms with Crippen LogP contribution in [0.5, 0.6) is 0 Å². The highest BCUT2D eigenvalue weighted by Gasteiger charge is 2.29. The lowest BCUT2D eigenvalue weighted by Gasteiger charge is -2.13. The first-order valence-electron chi connectivity index (χ1n) is 8.28. The second-order valence-corrected chi connectivity index (χ2v) is 9.19. The fourth-order valence-electron chi connectivity index (χ4n) is 3.07. The number of fused-ring (bicyclic) bond motifs is 1. The predicted octanol–water partition coefficient (Wildman–Crippen LogP) is 2.67. The Hall–Kier alpha value is -2.23. The lowest BCUT2D eigenvalue weighted by Crippen LogP contribution is -2.27. The molecule has 1 saturated heterocycles. The van der Waals surface area contributed by atoms with Gasteiger partial charge in [-0.15, -0.1) is 0 Å². The van der Waals surface area contributed by atoms with Gasteiger partial charge in [-0.1, -0.05) is 23.5 Å². The minimum absolute atomic E-state index is 0.149. The Morgan fingerprint density at radius 2 is 1.96 bits per heavy atom. The number of carbonyl (C=O) groups is 1. The molecule has 1 aromatic carbocycles. The first-order valence-corrected chi connectivity index (χ1v) is 10.5. The maximum Gasteiger partial charge on any atom is 0.274 e. The standard InChI is InChI=1S/C17H18N4O3S2/c1-20-11-12(26(23,24)21-8-4-5-9-21)10-14(20)16(22)19-17-18-13-6-2-3-7-15(13)25-17/h2-3,6-7,10-11H,4-5,8-9H2,1H3,(H,18,19,22). The number of aromatic nitrogens is 2. The van der Waals surface area contributed by atoms with Gasteiger partial charge in [-0.3, -0.25) is 10.1 Å². The highest BCUT2D eigenvalue weighted by atomic mass is 32.2. The van der Waals surface area contributed by atoms with Gasteiger partial charge in [0.05, 0.1) is 10.2 Å². The Balaban J connectivity index is 1.59. The molecule has 3 aromatic rings. The SMILES string of the molecule is Cn1cc(S(=O)(=O)N2CCCC2)cc1C(=O)Nc1nc2ccccc2s1. The summed E-state index contributed by atoms with van der Waals surface area (Å²) in [6.45, 7) is 1.06. The molecule has 7 nitrogen and oxygen atoms in total. The molecule has 26 heavy (non-hydrogen) atoms. The van der Waals surface area contributed by atoms with E-state index in [1.54, 1.807) is 7.05 Å². The molecule has 0 radical (unpaired) electrons. The topological polar surface area (TPSA) is 84.3 Å². The van der Waals surface area contributed by atoms with Crippen molar-refractivity contribution in [2.45, 2.75) is 17.7 Å². The molecule has 4 rings (SSSR count). The monoisotopic (exact) mass is 390 g/mol. The van der Waals surface area contributed by atoms with Gasteiger partial charge in [0.25, 0.3) is 5.91 Å². The minimum atomic E-state index is -3.55. The molecule has 0 atom stereocenters. The predicted molar refractivity (Wildman–Crippen MR) is 101 cm³/mol. The Morgan fingerprint density at radius 3 is 2.69 bits per heavy atom. The van der Waals surface area contributed by atoms with Gasteiger partial charge >= 0.3 is 0 Å². The van der Waals surface area contributed by atoms with Crippen molar-refractivity contribution in [1.29, 1.82) is 0 Å². The summed E-state index contributed by atoms with van der Waals surface area (Å²) in [4.78, 5) is 17.1. The average molecular weight is 390 g/mol. The van der Waals surface area contributed by atoms with Gasteiger partial charge in [0.2, 0.25) is 10.0 Å². The smallest absolute Gasteiger partial charge is 0.274 e. The van der Waals surface area contributed by atoms with Crippen LogP contribution < -0.4 is 5.32 Å². The van der Waals surface area contributed by atoms with Crippen LogP contribution in [0.15, 0.2) is 41.4 Å². The minimum Gasteiger partial charge on any atom is -0.345 e. The molecule has 0 spiro atoms. The molecular weight excluding hydrogens is 372 g/mol. The highest BCUT2D eigenvalue weighted by Crippen LogP contribution is 2.27. The normalized spacial score (nSPS) is 15.6. The van der Waals surface area contributed by atoms with Crippen molar-refractivity contribution in [3.63, 3.8) is 0 Å². The van der Waals surface area contributed by atoms with Crippen molar-refractivity contribution in [2.24, 2.45) is 7.05 Å². The zero-order chi connectivity index (χ0) is 18.3. The lowest BCUT2D eigenvalue weighted by atomic mass is 10.3. The number of aryl methyl sites for hydroxylation is 1. The molecule has 0 bridgehead atoms. The van der Waals surface area contributed by atoms with Crippen molar-refractivity contribution < 1.29 is 13.2 Å². The molecule has 9 heteroatoms. The highest BCUT2D eigenvalue weighted by molar-refractivity contribution is 7.89. The Bertz CT molecular complexity index is 1050. The number of para-hydroxylation sites is 1. The van der Waals surface area contributed by atoms with Gasteiger partial charge in [-0.05, 0) is 31.0 Å². The third kappa shape index (κ3) is 3.02. The van der Waals surface area contributed by atoms with Gasteiger partial charge in [0.15, 0.2) is 5.13 Å². The molecular formula is C17H18N4O3S2. The van der Waals surface area contributed by atoms with E-state index >= 15 is 0 Å². The molecule has 0 unspecified atom stereocenters. The maximum absolute atomic E-state index is 12.7. The van der Waals surface area contributed by atoms with Crippen LogP contribution in [0.2, 0.25) is 0 Å². The summed E-state index contributed by atoms with van der Waals surface area (Å²) in [7, 11) is -1.88. The largest absolute Gasteiger partial charge is 0.345 e. The van der Waals surface area contributed by atoms with E-state index in [4.69, 9.17) is 0 Å². The molecule has 1 aliphatic rings. The van der Waals surface area contributed by atoms with Crippen LogP contribution in [0.25, 0.3) is 10.2 Å². The van der Waals surface area contributed by atoms with E-state index in [0.29, 0.717) is 18.2 Å². The fourth-order valence-corrected chi connectivity index (χ4v) is 5.52. The van der Waals surface area contributed by atoms with E-state index < -0.39 is 10.0 Å². The van der Waals surface area contributed by atoms with Crippen LogP contribution in [-0.4, -0.2) is 41.3 Å². The van der Waals surface area contributed by atoms with Crippen molar-refractivity contribution in [3.8, 4) is 0 Å². The molecule has 1 aliphatic heterocycles. The molecule has 1 amide bonds. The molecule has 136 valence electrons. The van der Waals surface area contributed by atoms with E-state index in [1.807, 2.05) is 24.3 Å². The van der Waals surface area contributed by atoms with Crippen LogP contribution >= 0.6 is 11.3 Å². The molecule has 0 saturated carbocycles. The zero-order valence-electron chi connectivity index (χ0n) is 14.2. The Labute approximate surface area is 155 Å². The summed E-state index contributed by atoms with van der Waals surface area (Å²) >= 11 is 1.38. The summed E-state index contributed by atoms with van der Waals surface area (Å²) in [5.41, 5.74) is 1.10. The number of nitrogens with zero attached hydrogens (tertiary/aromatic N) is 3. The number of hydrogen-bond acceptors (Lipinski definition) is 5. The number of nitrogens with one attached hydrogen (secondary N) is 1. The van der Waals surface area contributed by atoms with Crippen LogP contribution in [-0.2, 0) is 17.1 Å². The van der Waals surface area contributed by atoms with Crippen LogP contribution in [0.1, 0.15) is 23.3 Å². The molecule has 1 fully saturated rings. The number of benzene rings is 1.